The number of ether oxygens (including phenoxy) is 2. The average Bonchev–Trinajstić information content (AvgIpc) is 2.29. The number of benzene rings is 1. The summed E-state index contributed by atoms with van der Waals surface area (Å²) in [4.78, 5) is 10.7. The Morgan fingerprint density at radius 1 is 1.28 bits per heavy atom. The van der Waals surface area contributed by atoms with Crippen LogP contribution in [0.1, 0.15) is 15.9 Å². The number of aldehydes is 1. The average molecular weight is 262 g/mol. The molecule has 1 aromatic carbocycles. The number of halogens is 3. The van der Waals surface area contributed by atoms with Crippen LogP contribution in [0.4, 0.5) is 13.2 Å². The first-order valence-electron chi connectivity index (χ1n) is 5.26. The van der Waals surface area contributed by atoms with Crippen molar-refractivity contribution < 1.29 is 27.4 Å². The van der Waals surface area contributed by atoms with Gasteiger partial charge in [-0.2, -0.15) is 13.2 Å². The molecule has 0 saturated heterocycles. The molecule has 0 atom stereocenters. The molecular formula is C12H13F3O3. The summed E-state index contributed by atoms with van der Waals surface area (Å²) in [7, 11) is 0. The minimum absolute atomic E-state index is 0.0399. The van der Waals surface area contributed by atoms with E-state index >= 15 is 0 Å². The van der Waals surface area contributed by atoms with E-state index in [9.17, 15) is 18.0 Å². The molecule has 0 aromatic heterocycles. The molecule has 6 heteroatoms. The maximum Gasteiger partial charge on any atom is 0.411 e. The molecule has 0 spiro atoms. The van der Waals surface area contributed by atoms with Crippen LogP contribution in [0.2, 0.25) is 0 Å². The number of hydrogen-bond acceptors (Lipinski definition) is 3. The van der Waals surface area contributed by atoms with Crippen LogP contribution in [-0.2, 0) is 4.74 Å². The van der Waals surface area contributed by atoms with Gasteiger partial charge in [0.1, 0.15) is 19.0 Å². The number of rotatable bonds is 6. The molecule has 0 aliphatic rings. The van der Waals surface area contributed by atoms with Gasteiger partial charge in [0.2, 0.25) is 0 Å². The Hall–Kier alpha value is -1.56. The van der Waals surface area contributed by atoms with Gasteiger partial charge < -0.3 is 9.47 Å². The molecule has 0 heterocycles. The van der Waals surface area contributed by atoms with Crippen molar-refractivity contribution in [3.05, 3.63) is 29.3 Å². The van der Waals surface area contributed by atoms with Crippen LogP contribution in [-0.4, -0.2) is 32.3 Å². The Morgan fingerprint density at radius 2 is 2.00 bits per heavy atom. The second-order valence-corrected chi connectivity index (χ2v) is 3.63. The van der Waals surface area contributed by atoms with Crippen molar-refractivity contribution in [2.75, 3.05) is 19.8 Å². The fraction of sp³-hybridized carbons (Fsp3) is 0.417. The van der Waals surface area contributed by atoms with E-state index in [1.54, 1.807) is 25.1 Å². The normalized spacial score (nSPS) is 11.3. The smallest absolute Gasteiger partial charge is 0.411 e. The van der Waals surface area contributed by atoms with Gasteiger partial charge >= 0.3 is 6.18 Å². The first-order chi connectivity index (χ1) is 8.44. The zero-order valence-corrected chi connectivity index (χ0v) is 9.79. The Morgan fingerprint density at radius 3 is 2.61 bits per heavy atom. The Balaban J connectivity index is 2.42. The number of aryl methyl sites for hydroxylation is 1. The van der Waals surface area contributed by atoms with Gasteiger partial charge in [-0.05, 0) is 18.6 Å². The summed E-state index contributed by atoms with van der Waals surface area (Å²) >= 11 is 0. The Labute approximate surface area is 103 Å². The van der Waals surface area contributed by atoms with Crippen molar-refractivity contribution in [1.29, 1.82) is 0 Å². The van der Waals surface area contributed by atoms with Crippen molar-refractivity contribution in [3.63, 3.8) is 0 Å². The minimum atomic E-state index is -4.34. The van der Waals surface area contributed by atoms with E-state index in [4.69, 9.17) is 4.74 Å². The summed E-state index contributed by atoms with van der Waals surface area (Å²) in [6.45, 7) is 0.220. The van der Waals surface area contributed by atoms with Crippen LogP contribution in [0.3, 0.4) is 0 Å². The van der Waals surface area contributed by atoms with Gasteiger partial charge in [0.05, 0.1) is 12.2 Å². The summed E-state index contributed by atoms with van der Waals surface area (Å²) in [5.74, 6) is 0.378. The van der Waals surface area contributed by atoms with E-state index in [1.165, 1.54) is 0 Å². The molecule has 0 N–H and O–H groups in total. The second-order valence-electron chi connectivity index (χ2n) is 3.63. The van der Waals surface area contributed by atoms with E-state index in [1.807, 2.05) is 0 Å². The largest absolute Gasteiger partial charge is 0.490 e. The lowest BCUT2D eigenvalue weighted by atomic mass is 10.1. The third-order valence-corrected chi connectivity index (χ3v) is 2.11. The van der Waals surface area contributed by atoms with Crippen molar-refractivity contribution in [3.8, 4) is 5.75 Å². The maximum atomic E-state index is 11.8. The van der Waals surface area contributed by atoms with E-state index < -0.39 is 12.8 Å². The monoisotopic (exact) mass is 262 g/mol. The first-order valence-corrected chi connectivity index (χ1v) is 5.26. The van der Waals surface area contributed by atoms with E-state index in [0.29, 0.717) is 17.6 Å². The SMILES string of the molecule is Cc1cccc(C=O)c1OCCOCC(F)(F)F. The highest BCUT2D eigenvalue weighted by molar-refractivity contribution is 5.80. The minimum Gasteiger partial charge on any atom is -0.490 e. The number of hydrogen-bond donors (Lipinski definition) is 0. The fourth-order valence-electron chi connectivity index (χ4n) is 1.36. The molecule has 0 aliphatic heterocycles. The summed E-state index contributed by atoms with van der Waals surface area (Å²) in [5.41, 5.74) is 1.11. The van der Waals surface area contributed by atoms with Crippen LogP contribution >= 0.6 is 0 Å². The van der Waals surface area contributed by atoms with Crippen LogP contribution in [0.25, 0.3) is 0 Å². The summed E-state index contributed by atoms with van der Waals surface area (Å²) in [6, 6.07) is 5.02. The molecule has 1 rings (SSSR count). The number of para-hydroxylation sites is 1. The van der Waals surface area contributed by atoms with Gasteiger partial charge in [0.25, 0.3) is 0 Å². The maximum absolute atomic E-state index is 11.8. The lowest BCUT2D eigenvalue weighted by molar-refractivity contribution is -0.175. The quantitative estimate of drug-likeness (QED) is 0.584. The van der Waals surface area contributed by atoms with Crippen LogP contribution in [0.5, 0.6) is 5.75 Å². The topological polar surface area (TPSA) is 35.5 Å². The van der Waals surface area contributed by atoms with E-state index in [0.717, 1.165) is 5.56 Å². The van der Waals surface area contributed by atoms with Crippen LogP contribution < -0.4 is 4.74 Å². The molecule has 0 aliphatic carbocycles. The highest BCUT2D eigenvalue weighted by atomic mass is 19.4. The molecule has 1 aromatic rings. The zero-order chi connectivity index (χ0) is 13.6. The van der Waals surface area contributed by atoms with Gasteiger partial charge in [-0.15, -0.1) is 0 Å². The number of carbonyl (C=O) groups excluding carboxylic acids is 1. The van der Waals surface area contributed by atoms with Gasteiger partial charge in [-0.3, -0.25) is 4.79 Å². The predicted octanol–water partition coefficient (Wildman–Crippen LogP) is 2.77. The molecule has 0 radical (unpaired) electrons. The standard InChI is InChI=1S/C12H13F3O3/c1-9-3-2-4-10(7-16)11(9)18-6-5-17-8-12(13,14)15/h2-4,7H,5-6,8H2,1H3. The van der Waals surface area contributed by atoms with Crippen molar-refractivity contribution in [2.24, 2.45) is 0 Å². The van der Waals surface area contributed by atoms with Gasteiger partial charge in [-0.1, -0.05) is 12.1 Å². The van der Waals surface area contributed by atoms with Gasteiger partial charge in [0.15, 0.2) is 6.29 Å². The second kappa shape index (κ2) is 6.39. The fourth-order valence-corrected chi connectivity index (χ4v) is 1.36. The molecule has 0 saturated carbocycles. The molecule has 0 unspecified atom stereocenters. The van der Waals surface area contributed by atoms with Crippen molar-refractivity contribution >= 4 is 6.29 Å². The summed E-state index contributed by atoms with van der Waals surface area (Å²) < 4.78 is 45.0. The summed E-state index contributed by atoms with van der Waals surface area (Å²) in [5, 5.41) is 0. The first kappa shape index (κ1) is 14.5. The lowest BCUT2D eigenvalue weighted by Crippen LogP contribution is -2.19. The van der Waals surface area contributed by atoms with Gasteiger partial charge in [0, 0.05) is 0 Å². The third-order valence-electron chi connectivity index (χ3n) is 2.11. The van der Waals surface area contributed by atoms with Gasteiger partial charge in [-0.25, -0.2) is 0 Å². The number of alkyl halides is 3. The molecule has 3 nitrogen and oxygen atoms in total. The van der Waals surface area contributed by atoms with Crippen LogP contribution in [0.15, 0.2) is 18.2 Å². The molecule has 18 heavy (non-hydrogen) atoms. The number of carbonyl (C=O) groups is 1. The highest BCUT2D eigenvalue weighted by Gasteiger charge is 2.27. The Kier molecular flexibility index (Phi) is 5.15. The van der Waals surface area contributed by atoms with Crippen molar-refractivity contribution in [2.45, 2.75) is 13.1 Å². The van der Waals surface area contributed by atoms with Crippen molar-refractivity contribution in [1.82, 2.24) is 0 Å². The molecular weight excluding hydrogens is 249 g/mol. The van der Waals surface area contributed by atoms with E-state index in [2.05, 4.69) is 4.74 Å². The third kappa shape index (κ3) is 4.75. The lowest BCUT2D eigenvalue weighted by Gasteiger charge is -2.12. The molecule has 0 bridgehead atoms. The van der Waals surface area contributed by atoms with Crippen LogP contribution in [0, 0.1) is 6.92 Å². The molecule has 0 amide bonds. The summed E-state index contributed by atoms with van der Waals surface area (Å²) in [6.07, 6.45) is -3.70. The highest BCUT2D eigenvalue weighted by Crippen LogP contribution is 2.21. The zero-order valence-electron chi connectivity index (χ0n) is 9.79. The Bertz CT molecular complexity index is 402. The molecule has 0 fully saturated rings. The predicted molar refractivity (Wildman–Crippen MR) is 58.9 cm³/mol. The van der Waals surface area contributed by atoms with E-state index in [-0.39, 0.29) is 13.2 Å². The molecule has 100 valence electrons.